The average molecular weight is 291 g/mol. The van der Waals surface area contributed by atoms with Gasteiger partial charge < -0.3 is 15.2 Å². The van der Waals surface area contributed by atoms with Crippen LogP contribution in [0, 0.1) is 6.92 Å². The lowest BCUT2D eigenvalue weighted by molar-refractivity contribution is 0.0698. The van der Waals surface area contributed by atoms with Crippen LogP contribution in [0.5, 0.6) is 5.75 Å². The number of carboxylic acid groups (broad SMARTS) is 1. The molecule has 1 heterocycles. The molecule has 0 saturated carbocycles. The molecule has 1 aromatic heterocycles. The Kier molecular flexibility index (Phi) is 4.05. The zero-order chi connectivity index (χ0) is 14.7. The van der Waals surface area contributed by atoms with Gasteiger partial charge in [0.25, 0.3) is 5.91 Å². The smallest absolute Gasteiger partial charge is 0.338 e. The second-order valence-electron chi connectivity index (χ2n) is 4.06. The molecule has 2 rings (SSSR count). The number of benzene rings is 1. The van der Waals surface area contributed by atoms with Gasteiger partial charge in [-0.1, -0.05) is 12.1 Å². The molecule has 0 saturated heterocycles. The van der Waals surface area contributed by atoms with E-state index >= 15 is 0 Å². The Labute approximate surface area is 119 Å². The Hall–Kier alpha value is -2.34. The van der Waals surface area contributed by atoms with Crippen molar-refractivity contribution in [2.45, 2.75) is 6.92 Å². The second-order valence-corrected chi connectivity index (χ2v) is 5.32. The van der Waals surface area contributed by atoms with Gasteiger partial charge >= 0.3 is 5.97 Å². The van der Waals surface area contributed by atoms with Crippen molar-refractivity contribution in [3.63, 3.8) is 0 Å². The van der Waals surface area contributed by atoms with Crippen LogP contribution in [0.1, 0.15) is 25.6 Å². The zero-order valence-electron chi connectivity index (χ0n) is 11.0. The third kappa shape index (κ3) is 2.80. The maximum absolute atomic E-state index is 12.2. The highest BCUT2D eigenvalue weighted by atomic mass is 32.1. The number of amides is 1. The quantitative estimate of drug-likeness (QED) is 0.908. The molecule has 1 amide bonds. The lowest BCUT2D eigenvalue weighted by atomic mass is 10.2. The van der Waals surface area contributed by atoms with E-state index in [0.717, 1.165) is 4.88 Å². The van der Waals surface area contributed by atoms with Crippen LogP contribution in [-0.2, 0) is 0 Å². The lowest BCUT2D eigenvalue weighted by Crippen LogP contribution is -2.14. The SMILES string of the molecule is COc1ccccc1C(=O)Nc1sc(C)cc1C(=O)O. The largest absolute Gasteiger partial charge is 0.496 e. The highest BCUT2D eigenvalue weighted by Crippen LogP contribution is 2.29. The van der Waals surface area contributed by atoms with Gasteiger partial charge in [0.2, 0.25) is 0 Å². The predicted molar refractivity (Wildman–Crippen MR) is 77.0 cm³/mol. The number of para-hydroxylation sites is 1. The molecule has 0 unspecified atom stereocenters. The number of aromatic carboxylic acids is 1. The van der Waals surface area contributed by atoms with Crippen molar-refractivity contribution < 1.29 is 19.4 Å². The third-order valence-electron chi connectivity index (χ3n) is 2.66. The first-order valence-corrected chi connectivity index (χ1v) is 6.62. The number of aryl methyl sites for hydroxylation is 1. The molecule has 0 aliphatic heterocycles. The molecule has 0 spiro atoms. The van der Waals surface area contributed by atoms with E-state index in [2.05, 4.69) is 5.32 Å². The number of carbonyl (C=O) groups is 2. The van der Waals surface area contributed by atoms with Crippen LogP contribution in [0.3, 0.4) is 0 Å². The number of nitrogens with one attached hydrogen (secondary N) is 1. The Morgan fingerprint density at radius 2 is 1.95 bits per heavy atom. The summed E-state index contributed by atoms with van der Waals surface area (Å²) in [6.07, 6.45) is 0. The summed E-state index contributed by atoms with van der Waals surface area (Å²) >= 11 is 1.23. The van der Waals surface area contributed by atoms with E-state index in [-0.39, 0.29) is 5.56 Å². The molecule has 20 heavy (non-hydrogen) atoms. The van der Waals surface area contributed by atoms with E-state index in [4.69, 9.17) is 9.84 Å². The molecule has 2 aromatic rings. The summed E-state index contributed by atoms with van der Waals surface area (Å²) in [5.74, 6) is -1.02. The van der Waals surface area contributed by atoms with Crippen molar-refractivity contribution in [2.24, 2.45) is 0 Å². The summed E-state index contributed by atoms with van der Waals surface area (Å²) in [4.78, 5) is 24.1. The summed E-state index contributed by atoms with van der Waals surface area (Å²) in [5.41, 5.74) is 0.452. The van der Waals surface area contributed by atoms with Gasteiger partial charge in [0.15, 0.2) is 0 Å². The van der Waals surface area contributed by atoms with E-state index in [1.807, 2.05) is 0 Å². The molecular weight excluding hydrogens is 278 g/mol. The van der Waals surface area contributed by atoms with Crippen molar-refractivity contribution in [3.05, 3.63) is 46.3 Å². The van der Waals surface area contributed by atoms with Crippen LogP contribution in [0.2, 0.25) is 0 Å². The molecule has 0 bridgehead atoms. The highest BCUT2D eigenvalue weighted by Gasteiger charge is 2.18. The van der Waals surface area contributed by atoms with Gasteiger partial charge in [-0.05, 0) is 25.1 Å². The second kappa shape index (κ2) is 5.75. The minimum atomic E-state index is -1.07. The van der Waals surface area contributed by atoms with Crippen molar-refractivity contribution in [3.8, 4) is 5.75 Å². The lowest BCUT2D eigenvalue weighted by Gasteiger charge is -2.08. The van der Waals surface area contributed by atoms with Crippen LogP contribution in [0.25, 0.3) is 0 Å². The molecule has 5 nitrogen and oxygen atoms in total. The Balaban J connectivity index is 2.30. The summed E-state index contributed by atoms with van der Waals surface area (Å²) in [6.45, 7) is 1.79. The monoisotopic (exact) mass is 291 g/mol. The van der Waals surface area contributed by atoms with Gasteiger partial charge in [-0.15, -0.1) is 11.3 Å². The van der Waals surface area contributed by atoms with Gasteiger partial charge in [0.1, 0.15) is 10.8 Å². The average Bonchev–Trinajstić information content (AvgIpc) is 2.79. The van der Waals surface area contributed by atoms with Crippen LogP contribution < -0.4 is 10.1 Å². The Morgan fingerprint density at radius 3 is 2.60 bits per heavy atom. The van der Waals surface area contributed by atoms with Gasteiger partial charge in [-0.25, -0.2) is 4.79 Å². The van der Waals surface area contributed by atoms with E-state index in [0.29, 0.717) is 16.3 Å². The number of anilines is 1. The number of thiophene rings is 1. The summed E-state index contributed by atoms with van der Waals surface area (Å²) in [5, 5.41) is 12.0. The minimum Gasteiger partial charge on any atom is -0.496 e. The number of rotatable bonds is 4. The highest BCUT2D eigenvalue weighted by molar-refractivity contribution is 7.16. The fraction of sp³-hybridized carbons (Fsp3) is 0.143. The van der Waals surface area contributed by atoms with Crippen LogP contribution in [0.4, 0.5) is 5.00 Å². The Morgan fingerprint density at radius 1 is 1.25 bits per heavy atom. The number of carboxylic acids is 1. The topological polar surface area (TPSA) is 75.6 Å². The first kappa shape index (κ1) is 14.1. The normalized spacial score (nSPS) is 10.1. The van der Waals surface area contributed by atoms with Crippen molar-refractivity contribution in [2.75, 3.05) is 12.4 Å². The molecule has 0 aliphatic carbocycles. The Bertz CT molecular complexity index is 663. The molecule has 0 fully saturated rings. The van der Waals surface area contributed by atoms with E-state index in [1.165, 1.54) is 24.5 Å². The summed E-state index contributed by atoms with van der Waals surface area (Å²) < 4.78 is 5.11. The van der Waals surface area contributed by atoms with E-state index in [1.54, 1.807) is 31.2 Å². The van der Waals surface area contributed by atoms with Crippen LogP contribution in [-0.4, -0.2) is 24.1 Å². The van der Waals surface area contributed by atoms with Crippen LogP contribution >= 0.6 is 11.3 Å². The fourth-order valence-electron chi connectivity index (χ4n) is 1.77. The number of hydrogen-bond donors (Lipinski definition) is 2. The number of hydrogen-bond acceptors (Lipinski definition) is 4. The molecule has 6 heteroatoms. The first-order chi connectivity index (χ1) is 9.52. The van der Waals surface area contributed by atoms with Crippen molar-refractivity contribution in [1.82, 2.24) is 0 Å². The minimum absolute atomic E-state index is 0.0933. The third-order valence-corrected chi connectivity index (χ3v) is 3.63. The molecule has 1 aromatic carbocycles. The molecular formula is C14H13NO4S. The van der Waals surface area contributed by atoms with Crippen molar-refractivity contribution in [1.29, 1.82) is 0 Å². The molecule has 0 atom stereocenters. The number of carbonyl (C=O) groups excluding carboxylic acids is 1. The predicted octanol–water partition coefficient (Wildman–Crippen LogP) is 3.02. The van der Waals surface area contributed by atoms with E-state index < -0.39 is 11.9 Å². The standard InChI is InChI=1S/C14H13NO4S/c1-8-7-10(14(17)18)13(20-8)15-12(16)9-5-3-4-6-11(9)19-2/h3-7H,1-2H3,(H,15,16)(H,17,18). The molecule has 104 valence electrons. The van der Waals surface area contributed by atoms with Crippen molar-refractivity contribution >= 4 is 28.2 Å². The molecule has 2 N–H and O–H groups in total. The number of ether oxygens (including phenoxy) is 1. The van der Waals surface area contributed by atoms with Gasteiger partial charge in [-0.3, -0.25) is 4.79 Å². The van der Waals surface area contributed by atoms with Gasteiger partial charge in [-0.2, -0.15) is 0 Å². The summed E-state index contributed by atoms with van der Waals surface area (Å²) in [6, 6.07) is 8.30. The van der Waals surface area contributed by atoms with Crippen LogP contribution in [0.15, 0.2) is 30.3 Å². The maximum atomic E-state index is 12.2. The molecule has 0 aliphatic rings. The summed E-state index contributed by atoms with van der Waals surface area (Å²) in [7, 11) is 1.48. The van der Waals surface area contributed by atoms with Gasteiger partial charge in [0.05, 0.1) is 18.2 Å². The maximum Gasteiger partial charge on any atom is 0.338 e. The zero-order valence-corrected chi connectivity index (χ0v) is 11.8. The van der Waals surface area contributed by atoms with Gasteiger partial charge in [0, 0.05) is 4.88 Å². The van der Waals surface area contributed by atoms with E-state index in [9.17, 15) is 9.59 Å². The molecule has 0 radical (unpaired) electrons. The first-order valence-electron chi connectivity index (χ1n) is 5.81. The fourth-order valence-corrected chi connectivity index (χ4v) is 2.67. The number of methoxy groups -OCH3 is 1.